The van der Waals surface area contributed by atoms with Crippen LogP contribution in [0, 0.1) is 58.2 Å². The van der Waals surface area contributed by atoms with E-state index in [1.807, 2.05) is 0 Å². The van der Waals surface area contributed by atoms with Crippen LogP contribution in [0.4, 0.5) is 0 Å². The Bertz CT molecular complexity index is 952. The van der Waals surface area contributed by atoms with Crippen LogP contribution in [0.5, 0.6) is 0 Å². The second-order valence-electron chi connectivity index (χ2n) is 18.9. The molecule has 4 aliphatic carbocycles. The topological polar surface area (TPSA) is 26.3 Å². The number of carbonyl (C=O) groups is 1. The van der Waals surface area contributed by atoms with Crippen LogP contribution in [0.3, 0.4) is 0 Å². The molecule has 4 aliphatic rings. The molecule has 4 saturated carbocycles. The van der Waals surface area contributed by atoms with Crippen LogP contribution < -0.4 is 0 Å². The molecular formula is C46H82O2. The highest BCUT2D eigenvalue weighted by Crippen LogP contribution is 2.68. The van der Waals surface area contributed by atoms with E-state index in [4.69, 9.17) is 4.74 Å². The van der Waals surface area contributed by atoms with Gasteiger partial charge in [-0.05, 0) is 148 Å². The van der Waals surface area contributed by atoms with Crippen LogP contribution in [-0.4, -0.2) is 12.1 Å². The van der Waals surface area contributed by atoms with Gasteiger partial charge in [0.25, 0.3) is 0 Å². The molecule has 278 valence electrons. The van der Waals surface area contributed by atoms with Gasteiger partial charge in [-0.15, -0.1) is 0 Å². The monoisotopic (exact) mass is 667 g/mol. The molecule has 2 heteroatoms. The largest absolute Gasteiger partial charge is 0.462 e. The first-order chi connectivity index (χ1) is 23.1. The molecule has 0 radical (unpaired) electrons. The molecule has 0 aromatic carbocycles. The maximum atomic E-state index is 12.8. The SMILES string of the molecule is CCCCCCCC/C=C\CCCCCCCC(=O)O[C@H]1CC[C@@]2(C)[C@@H](CC[C@@H]3[C@@H]2CC[C@]2(C)[C@@H]([C@H](C)CC[C@H](C)C(C)C)CC[C@@H]32)C1. The zero-order valence-corrected chi connectivity index (χ0v) is 33.3. The van der Waals surface area contributed by atoms with Crippen molar-refractivity contribution in [3.8, 4) is 0 Å². The van der Waals surface area contributed by atoms with Gasteiger partial charge in [0, 0.05) is 6.42 Å². The van der Waals surface area contributed by atoms with E-state index in [9.17, 15) is 4.79 Å². The van der Waals surface area contributed by atoms with Gasteiger partial charge in [-0.1, -0.05) is 125 Å². The van der Waals surface area contributed by atoms with Gasteiger partial charge < -0.3 is 4.74 Å². The van der Waals surface area contributed by atoms with Gasteiger partial charge in [-0.2, -0.15) is 0 Å². The Hall–Kier alpha value is -0.790. The minimum atomic E-state index is 0.0808. The fraction of sp³-hybridized carbons (Fsp3) is 0.935. The predicted octanol–water partition coefficient (Wildman–Crippen LogP) is 14.3. The lowest BCUT2D eigenvalue weighted by Gasteiger charge is -2.61. The summed E-state index contributed by atoms with van der Waals surface area (Å²) in [6.07, 6.45) is 37.4. The van der Waals surface area contributed by atoms with E-state index in [1.54, 1.807) is 0 Å². The summed E-state index contributed by atoms with van der Waals surface area (Å²) in [6.45, 7) is 17.6. The molecule has 0 aromatic rings. The number of esters is 1. The Balaban J connectivity index is 1.11. The molecule has 0 aliphatic heterocycles. The number of hydrogen-bond donors (Lipinski definition) is 0. The lowest BCUT2D eigenvalue weighted by Crippen LogP contribution is -2.54. The zero-order valence-electron chi connectivity index (χ0n) is 33.3. The Morgan fingerprint density at radius 3 is 2.02 bits per heavy atom. The van der Waals surface area contributed by atoms with Crippen LogP contribution in [0.15, 0.2) is 12.2 Å². The van der Waals surface area contributed by atoms with Crippen LogP contribution in [0.2, 0.25) is 0 Å². The lowest BCUT2D eigenvalue weighted by molar-refractivity contribution is -0.162. The summed E-state index contributed by atoms with van der Waals surface area (Å²) in [4.78, 5) is 12.8. The summed E-state index contributed by atoms with van der Waals surface area (Å²) < 4.78 is 6.17. The quantitative estimate of drug-likeness (QED) is 0.0692. The number of allylic oxidation sites excluding steroid dienone is 2. The van der Waals surface area contributed by atoms with E-state index in [0.717, 1.165) is 66.6 Å². The van der Waals surface area contributed by atoms with Gasteiger partial charge in [0.1, 0.15) is 6.10 Å². The smallest absolute Gasteiger partial charge is 0.306 e. The maximum Gasteiger partial charge on any atom is 0.306 e. The molecule has 0 unspecified atom stereocenters. The van der Waals surface area contributed by atoms with Crippen molar-refractivity contribution in [2.45, 2.75) is 215 Å². The fourth-order valence-corrected chi connectivity index (χ4v) is 11.9. The predicted molar refractivity (Wildman–Crippen MR) is 207 cm³/mol. The second-order valence-corrected chi connectivity index (χ2v) is 18.9. The number of hydrogen-bond acceptors (Lipinski definition) is 2. The first kappa shape index (κ1) is 40.0. The summed E-state index contributed by atoms with van der Waals surface area (Å²) in [5.41, 5.74) is 1.04. The summed E-state index contributed by atoms with van der Waals surface area (Å²) in [5, 5.41) is 0. The molecule has 0 heterocycles. The van der Waals surface area contributed by atoms with Crippen molar-refractivity contribution in [3.63, 3.8) is 0 Å². The molecule has 0 spiro atoms. The van der Waals surface area contributed by atoms with Gasteiger partial charge in [0.05, 0.1) is 0 Å². The van der Waals surface area contributed by atoms with Gasteiger partial charge in [0.15, 0.2) is 0 Å². The standard InChI is InChI=1S/C46H82O2/c1-8-9-10-11-12-13-14-15-16-17-18-19-20-21-22-23-44(47)48-39-30-32-45(6)38(34-39)26-27-40-42-29-28-41(46(42,7)33-31-43(40)45)37(5)25-24-36(4)35(2)3/h15-16,35-43H,8-14,17-34H2,1-7H3/b16-15-/t36-,37+,38-,39-,40-,41+,42-,43-,45-,46+/m0/s1. The van der Waals surface area contributed by atoms with Crippen molar-refractivity contribution in [2.75, 3.05) is 0 Å². The summed E-state index contributed by atoms with van der Waals surface area (Å²) in [7, 11) is 0. The highest BCUT2D eigenvalue weighted by molar-refractivity contribution is 5.69. The van der Waals surface area contributed by atoms with Crippen LogP contribution in [-0.2, 0) is 9.53 Å². The number of unbranched alkanes of at least 4 members (excludes halogenated alkanes) is 11. The minimum Gasteiger partial charge on any atom is -0.462 e. The van der Waals surface area contributed by atoms with E-state index in [1.165, 1.54) is 135 Å². The van der Waals surface area contributed by atoms with Crippen LogP contribution in [0.25, 0.3) is 0 Å². The minimum absolute atomic E-state index is 0.0808. The average Bonchev–Trinajstić information content (AvgIpc) is 3.42. The van der Waals surface area contributed by atoms with E-state index in [-0.39, 0.29) is 12.1 Å². The van der Waals surface area contributed by atoms with Gasteiger partial charge in [-0.3, -0.25) is 4.79 Å². The van der Waals surface area contributed by atoms with Crippen molar-refractivity contribution in [1.29, 1.82) is 0 Å². The molecular weight excluding hydrogens is 585 g/mol. The van der Waals surface area contributed by atoms with Crippen LogP contribution in [0.1, 0.15) is 209 Å². The normalized spacial score (nSPS) is 34.5. The third-order valence-electron chi connectivity index (χ3n) is 15.5. The van der Waals surface area contributed by atoms with E-state index in [2.05, 4.69) is 60.6 Å². The number of ether oxygens (including phenoxy) is 1. The molecule has 2 nitrogen and oxygen atoms in total. The van der Waals surface area contributed by atoms with Crippen molar-refractivity contribution in [1.82, 2.24) is 0 Å². The lowest BCUT2D eigenvalue weighted by atomic mass is 9.44. The first-order valence-corrected chi connectivity index (χ1v) is 21.9. The fourth-order valence-electron chi connectivity index (χ4n) is 11.9. The van der Waals surface area contributed by atoms with Gasteiger partial charge in [0.2, 0.25) is 0 Å². The summed E-state index contributed by atoms with van der Waals surface area (Å²) in [6, 6.07) is 0. The van der Waals surface area contributed by atoms with E-state index in [0.29, 0.717) is 17.3 Å². The average molecular weight is 667 g/mol. The third-order valence-corrected chi connectivity index (χ3v) is 15.5. The molecule has 0 bridgehead atoms. The highest BCUT2D eigenvalue weighted by Gasteiger charge is 2.60. The Kier molecular flexibility index (Phi) is 16.4. The van der Waals surface area contributed by atoms with Crippen molar-refractivity contribution in [2.24, 2.45) is 58.2 Å². The van der Waals surface area contributed by atoms with E-state index >= 15 is 0 Å². The first-order valence-electron chi connectivity index (χ1n) is 21.9. The van der Waals surface area contributed by atoms with Crippen LogP contribution >= 0.6 is 0 Å². The molecule has 4 fully saturated rings. The molecule has 48 heavy (non-hydrogen) atoms. The zero-order chi connectivity index (χ0) is 34.6. The summed E-state index contributed by atoms with van der Waals surface area (Å²) in [5.74, 6) is 7.10. The van der Waals surface area contributed by atoms with Gasteiger partial charge in [-0.25, -0.2) is 0 Å². The Morgan fingerprint density at radius 1 is 0.708 bits per heavy atom. The van der Waals surface area contributed by atoms with Crippen molar-refractivity contribution >= 4 is 5.97 Å². The highest BCUT2D eigenvalue weighted by atomic mass is 16.5. The van der Waals surface area contributed by atoms with Gasteiger partial charge >= 0.3 is 5.97 Å². The molecule has 4 rings (SSSR count). The molecule has 0 aromatic heterocycles. The van der Waals surface area contributed by atoms with E-state index < -0.39 is 0 Å². The Morgan fingerprint density at radius 2 is 1.33 bits per heavy atom. The molecule has 10 atom stereocenters. The number of fused-ring (bicyclic) bond motifs is 5. The molecule has 0 saturated heterocycles. The number of rotatable bonds is 21. The Labute approximate surface area is 300 Å². The second kappa shape index (κ2) is 19.7. The summed E-state index contributed by atoms with van der Waals surface area (Å²) >= 11 is 0. The third kappa shape index (κ3) is 10.6. The van der Waals surface area contributed by atoms with Crippen molar-refractivity contribution < 1.29 is 9.53 Å². The van der Waals surface area contributed by atoms with Crippen molar-refractivity contribution in [3.05, 3.63) is 12.2 Å². The number of carbonyl (C=O) groups excluding carboxylic acids is 1. The maximum absolute atomic E-state index is 12.8. The molecule has 0 N–H and O–H groups in total. The molecule has 0 amide bonds.